The van der Waals surface area contributed by atoms with Gasteiger partial charge in [0.15, 0.2) is 5.82 Å². The van der Waals surface area contributed by atoms with Gasteiger partial charge in [-0.2, -0.15) is 0 Å². The number of rotatable bonds is 3. The molecule has 1 amide bonds. The molecule has 4 N–H and O–H groups in total. The Balaban J connectivity index is 2.32. The lowest BCUT2D eigenvalue weighted by Crippen LogP contribution is -2.15. The van der Waals surface area contributed by atoms with Gasteiger partial charge in [-0.3, -0.25) is 4.79 Å². The summed E-state index contributed by atoms with van der Waals surface area (Å²) < 4.78 is 26.5. The van der Waals surface area contributed by atoms with Crippen molar-refractivity contribution in [2.75, 3.05) is 10.7 Å². The summed E-state index contributed by atoms with van der Waals surface area (Å²) in [6.07, 6.45) is 0. The maximum atomic E-state index is 13.6. The number of carbonyl (C=O) groups is 1. The van der Waals surface area contributed by atoms with Crippen LogP contribution in [-0.4, -0.2) is 10.9 Å². The van der Waals surface area contributed by atoms with E-state index in [0.29, 0.717) is 6.07 Å². The van der Waals surface area contributed by atoms with Gasteiger partial charge in [0.05, 0.1) is 10.7 Å². The van der Waals surface area contributed by atoms with E-state index in [0.717, 1.165) is 6.07 Å². The first-order valence-corrected chi connectivity index (χ1v) is 6.26. The van der Waals surface area contributed by atoms with E-state index in [9.17, 15) is 13.6 Å². The van der Waals surface area contributed by atoms with E-state index in [1.165, 1.54) is 12.1 Å². The number of hydrogen-bond donors (Lipinski definition) is 3. The number of aromatic nitrogens is 1. The highest BCUT2D eigenvalue weighted by Gasteiger charge is 2.15. The summed E-state index contributed by atoms with van der Waals surface area (Å²) in [4.78, 5) is 15.8. The van der Waals surface area contributed by atoms with Crippen molar-refractivity contribution in [1.29, 1.82) is 0 Å². The topological polar surface area (TPSA) is 80.0 Å². The first kappa shape index (κ1) is 15.4. The number of nitrogens with two attached hydrogens (primary N) is 1. The molecule has 1 aromatic heterocycles. The predicted octanol–water partition coefficient (Wildman–Crippen LogP) is 3.20. The minimum absolute atomic E-state index is 0.0151. The Bertz CT molecular complexity index is 689. The van der Waals surface area contributed by atoms with Gasteiger partial charge in [-0.15, -0.1) is 0 Å². The van der Waals surface area contributed by atoms with Gasteiger partial charge in [0.1, 0.15) is 16.8 Å². The van der Waals surface area contributed by atoms with Crippen LogP contribution < -0.4 is 16.6 Å². The third kappa shape index (κ3) is 3.57. The molecule has 0 saturated heterocycles. The molecule has 0 atom stereocenters. The summed E-state index contributed by atoms with van der Waals surface area (Å²) >= 11 is 11.4. The van der Waals surface area contributed by atoms with Crippen molar-refractivity contribution in [3.8, 4) is 0 Å². The first-order chi connectivity index (χ1) is 9.90. The number of anilines is 2. The number of nitrogens with zero attached hydrogens (tertiary/aromatic N) is 1. The molecular weight excluding hydrogens is 325 g/mol. The normalized spacial score (nSPS) is 10.3. The molecule has 0 bridgehead atoms. The quantitative estimate of drug-likeness (QED) is 0.458. The third-order valence-electron chi connectivity index (χ3n) is 2.45. The van der Waals surface area contributed by atoms with Gasteiger partial charge in [0.2, 0.25) is 0 Å². The second-order valence-corrected chi connectivity index (χ2v) is 4.70. The van der Waals surface area contributed by atoms with E-state index in [4.69, 9.17) is 29.0 Å². The highest BCUT2D eigenvalue weighted by Crippen LogP contribution is 2.27. The van der Waals surface area contributed by atoms with Crippen molar-refractivity contribution in [3.63, 3.8) is 0 Å². The van der Waals surface area contributed by atoms with E-state index in [1.54, 1.807) is 0 Å². The average molecular weight is 333 g/mol. The summed E-state index contributed by atoms with van der Waals surface area (Å²) in [5.74, 6) is 2.78. The van der Waals surface area contributed by atoms with Crippen molar-refractivity contribution in [1.82, 2.24) is 4.98 Å². The lowest BCUT2D eigenvalue weighted by Gasteiger charge is -2.09. The van der Waals surface area contributed by atoms with Gasteiger partial charge >= 0.3 is 0 Å². The number of benzene rings is 1. The predicted molar refractivity (Wildman–Crippen MR) is 76.4 cm³/mol. The number of hydrogen-bond acceptors (Lipinski definition) is 4. The van der Waals surface area contributed by atoms with Crippen molar-refractivity contribution in [3.05, 3.63) is 51.6 Å². The number of nitrogen functional groups attached to an aromatic ring is 1. The van der Waals surface area contributed by atoms with E-state index in [-0.39, 0.29) is 27.2 Å². The van der Waals surface area contributed by atoms with Gasteiger partial charge in [-0.25, -0.2) is 19.6 Å². The molecule has 0 aliphatic rings. The molecule has 1 aromatic carbocycles. The molecular formula is C12H8Cl2F2N4O. The lowest BCUT2D eigenvalue weighted by atomic mass is 10.2. The molecule has 0 aliphatic heterocycles. The Morgan fingerprint density at radius 3 is 2.52 bits per heavy atom. The van der Waals surface area contributed by atoms with Crippen molar-refractivity contribution in [2.24, 2.45) is 5.84 Å². The van der Waals surface area contributed by atoms with Crippen LogP contribution in [0.15, 0.2) is 24.3 Å². The number of hydrazine groups is 1. The largest absolute Gasteiger partial charge is 0.318 e. The zero-order valence-electron chi connectivity index (χ0n) is 10.3. The van der Waals surface area contributed by atoms with E-state index < -0.39 is 17.5 Å². The SMILES string of the molecule is NNc1cc(C(=O)Nc2c(F)cc(F)cc2Cl)cc(Cl)n1. The minimum Gasteiger partial charge on any atom is -0.318 e. The molecule has 9 heteroatoms. The molecule has 0 unspecified atom stereocenters. The van der Waals surface area contributed by atoms with Crippen LogP contribution in [0.1, 0.15) is 10.4 Å². The third-order valence-corrected chi connectivity index (χ3v) is 2.94. The Morgan fingerprint density at radius 1 is 1.19 bits per heavy atom. The summed E-state index contributed by atoms with van der Waals surface area (Å²) in [7, 11) is 0. The molecule has 0 fully saturated rings. The summed E-state index contributed by atoms with van der Waals surface area (Å²) in [5, 5.41) is 1.98. The van der Waals surface area contributed by atoms with Crippen LogP contribution in [-0.2, 0) is 0 Å². The highest BCUT2D eigenvalue weighted by molar-refractivity contribution is 6.34. The van der Waals surface area contributed by atoms with Gasteiger partial charge < -0.3 is 10.7 Å². The fourth-order valence-electron chi connectivity index (χ4n) is 1.55. The highest BCUT2D eigenvalue weighted by atomic mass is 35.5. The molecule has 2 aromatic rings. The van der Waals surface area contributed by atoms with Crippen LogP contribution in [0.25, 0.3) is 0 Å². The Labute approximate surface area is 128 Å². The molecule has 0 spiro atoms. The van der Waals surface area contributed by atoms with Crippen molar-refractivity contribution < 1.29 is 13.6 Å². The molecule has 110 valence electrons. The van der Waals surface area contributed by atoms with Crippen LogP contribution in [0, 0.1) is 11.6 Å². The molecule has 2 rings (SSSR count). The minimum atomic E-state index is -0.995. The average Bonchev–Trinajstić information content (AvgIpc) is 2.41. The standard InChI is InChI=1S/C12H8Cl2F2N4O/c13-7-3-6(15)4-8(16)11(7)19-12(21)5-1-9(14)18-10(2-5)20-17/h1-4H,17H2,(H,18,20)(H,19,21). The Kier molecular flexibility index (Phi) is 4.56. The second kappa shape index (κ2) is 6.21. The summed E-state index contributed by atoms with van der Waals surface area (Å²) in [6.45, 7) is 0. The van der Waals surface area contributed by atoms with Crippen LogP contribution in [0.2, 0.25) is 10.2 Å². The lowest BCUT2D eigenvalue weighted by molar-refractivity contribution is 0.102. The van der Waals surface area contributed by atoms with Gasteiger partial charge in [0.25, 0.3) is 5.91 Å². The maximum absolute atomic E-state index is 13.6. The fraction of sp³-hybridized carbons (Fsp3) is 0. The van der Waals surface area contributed by atoms with Crippen LogP contribution >= 0.6 is 23.2 Å². The number of nitrogens with one attached hydrogen (secondary N) is 2. The molecule has 0 radical (unpaired) electrons. The number of pyridine rings is 1. The Morgan fingerprint density at radius 2 is 1.90 bits per heavy atom. The molecule has 1 heterocycles. The number of carbonyl (C=O) groups excluding carboxylic acids is 1. The van der Waals surface area contributed by atoms with Gasteiger partial charge in [-0.05, 0) is 18.2 Å². The van der Waals surface area contributed by atoms with E-state index >= 15 is 0 Å². The van der Waals surface area contributed by atoms with Crippen LogP contribution in [0.4, 0.5) is 20.3 Å². The zero-order valence-corrected chi connectivity index (χ0v) is 11.8. The van der Waals surface area contributed by atoms with Gasteiger partial charge in [-0.1, -0.05) is 23.2 Å². The van der Waals surface area contributed by atoms with Gasteiger partial charge in [0, 0.05) is 11.6 Å². The van der Waals surface area contributed by atoms with Crippen molar-refractivity contribution >= 4 is 40.6 Å². The fourth-order valence-corrected chi connectivity index (χ4v) is 2.00. The molecule has 21 heavy (non-hydrogen) atoms. The van der Waals surface area contributed by atoms with Crippen LogP contribution in [0.3, 0.4) is 0 Å². The molecule has 5 nitrogen and oxygen atoms in total. The first-order valence-electron chi connectivity index (χ1n) is 5.51. The molecule has 0 aliphatic carbocycles. The van der Waals surface area contributed by atoms with Crippen molar-refractivity contribution in [2.45, 2.75) is 0 Å². The zero-order chi connectivity index (χ0) is 15.6. The van der Waals surface area contributed by atoms with E-state index in [2.05, 4.69) is 15.7 Å². The smallest absolute Gasteiger partial charge is 0.256 e. The summed E-state index contributed by atoms with van der Waals surface area (Å²) in [6, 6.07) is 4.05. The maximum Gasteiger partial charge on any atom is 0.256 e. The number of amides is 1. The summed E-state index contributed by atoms with van der Waals surface area (Å²) in [5.41, 5.74) is 1.97. The second-order valence-electron chi connectivity index (χ2n) is 3.91. The van der Waals surface area contributed by atoms with E-state index in [1.807, 2.05) is 0 Å². The number of halogens is 4. The molecule has 0 saturated carbocycles. The van der Waals surface area contributed by atoms with Crippen LogP contribution in [0.5, 0.6) is 0 Å². The Hall–Kier alpha value is -1.96. The monoisotopic (exact) mass is 332 g/mol.